The van der Waals surface area contributed by atoms with Crippen LogP contribution in [-0.2, 0) is 5.88 Å². The van der Waals surface area contributed by atoms with Crippen LogP contribution < -0.4 is 0 Å². The van der Waals surface area contributed by atoms with E-state index in [0.29, 0.717) is 16.6 Å². The molecular weight excluding hydrogens is 210 g/mol. The third-order valence-electron chi connectivity index (χ3n) is 2.08. The first-order chi connectivity index (χ1) is 6.74. The number of fused-ring (bicyclic) bond motifs is 1. The lowest BCUT2D eigenvalue weighted by Gasteiger charge is -2.06. The maximum absolute atomic E-state index is 12.7. The summed E-state index contributed by atoms with van der Waals surface area (Å²) in [4.78, 5) is 6.63. The third-order valence-corrected chi connectivity index (χ3v) is 2.37. The van der Waals surface area contributed by atoms with Crippen LogP contribution in [-0.4, -0.2) is 9.97 Å². The number of benzene rings is 1. The molecule has 0 atom stereocenters. The Bertz CT molecular complexity index is 453. The lowest BCUT2D eigenvalue weighted by Crippen LogP contribution is -1.93. The zero-order valence-corrected chi connectivity index (χ0v) is 7.85. The van der Waals surface area contributed by atoms with Crippen molar-refractivity contribution in [2.24, 2.45) is 0 Å². The van der Waals surface area contributed by atoms with Crippen molar-refractivity contribution >= 4 is 22.6 Å². The Labute approximate surface area is 83.9 Å². The Morgan fingerprint density at radius 2 is 2.21 bits per heavy atom. The standard InChI is InChI=1S/C9H7ClF2N2/c10-3-5-1-2-6-8(14-4-13-6)7(5)9(11)12/h1-2,4,9H,3H2,(H,13,14). The van der Waals surface area contributed by atoms with Crippen LogP contribution in [0.2, 0.25) is 0 Å². The fourth-order valence-electron chi connectivity index (χ4n) is 1.43. The summed E-state index contributed by atoms with van der Waals surface area (Å²) < 4.78 is 25.4. The fraction of sp³-hybridized carbons (Fsp3) is 0.222. The van der Waals surface area contributed by atoms with Crippen molar-refractivity contribution < 1.29 is 8.78 Å². The van der Waals surface area contributed by atoms with Crippen molar-refractivity contribution in [2.45, 2.75) is 12.3 Å². The van der Waals surface area contributed by atoms with Crippen molar-refractivity contribution in [1.82, 2.24) is 9.97 Å². The van der Waals surface area contributed by atoms with Gasteiger partial charge in [0.1, 0.15) is 0 Å². The second-order valence-electron chi connectivity index (χ2n) is 2.87. The Morgan fingerprint density at radius 3 is 2.86 bits per heavy atom. The maximum atomic E-state index is 12.7. The highest BCUT2D eigenvalue weighted by Crippen LogP contribution is 2.30. The second-order valence-corrected chi connectivity index (χ2v) is 3.14. The van der Waals surface area contributed by atoms with Gasteiger partial charge in [0.25, 0.3) is 6.43 Å². The molecule has 2 nitrogen and oxygen atoms in total. The van der Waals surface area contributed by atoms with Crippen molar-refractivity contribution in [1.29, 1.82) is 0 Å². The molecule has 0 saturated heterocycles. The highest BCUT2D eigenvalue weighted by atomic mass is 35.5. The van der Waals surface area contributed by atoms with Crippen molar-refractivity contribution in [2.75, 3.05) is 0 Å². The van der Waals surface area contributed by atoms with Crippen LogP contribution in [0.4, 0.5) is 8.78 Å². The van der Waals surface area contributed by atoms with Gasteiger partial charge in [-0.05, 0) is 11.6 Å². The Kier molecular flexibility index (Phi) is 2.37. The molecule has 0 bridgehead atoms. The monoisotopic (exact) mass is 216 g/mol. The molecule has 2 rings (SSSR count). The minimum atomic E-state index is -2.55. The minimum absolute atomic E-state index is 0.0706. The average Bonchev–Trinajstić information content (AvgIpc) is 2.62. The molecule has 0 fully saturated rings. The van der Waals surface area contributed by atoms with E-state index >= 15 is 0 Å². The van der Waals surface area contributed by atoms with E-state index in [0.717, 1.165) is 0 Å². The topological polar surface area (TPSA) is 28.7 Å². The van der Waals surface area contributed by atoms with Crippen LogP contribution in [0.3, 0.4) is 0 Å². The highest BCUT2D eigenvalue weighted by molar-refractivity contribution is 6.17. The molecule has 0 unspecified atom stereocenters. The largest absolute Gasteiger partial charge is 0.345 e. The summed E-state index contributed by atoms with van der Waals surface area (Å²) in [6, 6.07) is 3.29. The number of nitrogens with zero attached hydrogens (tertiary/aromatic N) is 1. The van der Waals surface area contributed by atoms with Crippen LogP contribution in [0.1, 0.15) is 17.6 Å². The van der Waals surface area contributed by atoms with Crippen LogP contribution in [0.25, 0.3) is 11.0 Å². The first-order valence-corrected chi connectivity index (χ1v) is 4.56. The van der Waals surface area contributed by atoms with Gasteiger partial charge in [0.05, 0.1) is 17.4 Å². The lowest BCUT2D eigenvalue weighted by atomic mass is 10.1. The van der Waals surface area contributed by atoms with E-state index in [2.05, 4.69) is 9.97 Å². The number of halogens is 3. The summed E-state index contributed by atoms with van der Waals surface area (Å²) in [5.74, 6) is 0.0719. The molecule has 14 heavy (non-hydrogen) atoms. The van der Waals surface area contributed by atoms with Gasteiger partial charge in [-0.2, -0.15) is 0 Å². The predicted molar refractivity (Wildman–Crippen MR) is 50.6 cm³/mol. The van der Waals surface area contributed by atoms with Crippen molar-refractivity contribution in [3.05, 3.63) is 29.6 Å². The highest BCUT2D eigenvalue weighted by Gasteiger charge is 2.17. The molecule has 1 aromatic heterocycles. The van der Waals surface area contributed by atoms with Crippen molar-refractivity contribution in [3.8, 4) is 0 Å². The molecule has 1 heterocycles. The van der Waals surface area contributed by atoms with E-state index in [4.69, 9.17) is 11.6 Å². The molecule has 1 aromatic carbocycles. The molecule has 5 heteroatoms. The maximum Gasteiger partial charge on any atom is 0.266 e. The van der Waals surface area contributed by atoms with E-state index in [-0.39, 0.29) is 11.4 Å². The van der Waals surface area contributed by atoms with Gasteiger partial charge in [-0.15, -0.1) is 11.6 Å². The number of rotatable bonds is 2. The number of nitrogens with one attached hydrogen (secondary N) is 1. The zero-order valence-electron chi connectivity index (χ0n) is 7.10. The molecular formula is C9H7ClF2N2. The number of imidazole rings is 1. The summed E-state index contributed by atoms with van der Waals surface area (Å²) in [6.45, 7) is 0. The SMILES string of the molecule is FC(F)c1c(CCl)ccc2[nH]cnc12. The summed E-state index contributed by atoms with van der Waals surface area (Å²) in [7, 11) is 0. The smallest absolute Gasteiger partial charge is 0.266 e. The second kappa shape index (κ2) is 3.53. The molecule has 0 aliphatic rings. The molecule has 0 aliphatic heterocycles. The number of H-pyrrole nitrogens is 1. The van der Waals surface area contributed by atoms with Crippen LogP contribution in [0, 0.1) is 0 Å². The van der Waals surface area contributed by atoms with Gasteiger partial charge in [0, 0.05) is 11.4 Å². The number of hydrogen-bond acceptors (Lipinski definition) is 1. The van der Waals surface area contributed by atoms with Crippen molar-refractivity contribution in [3.63, 3.8) is 0 Å². The molecule has 0 saturated carbocycles. The van der Waals surface area contributed by atoms with Crippen LogP contribution >= 0.6 is 11.6 Å². The molecule has 2 aromatic rings. The normalized spacial score (nSPS) is 11.4. The molecule has 74 valence electrons. The number of aromatic amines is 1. The van der Waals surface area contributed by atoms with E-state index in [1.54, 1.807) is 12.1 Å². The van der Waals surface area contributed by atoms with Gasteiger partial charge in [-0.1, -0.05) is 6.07 Å². The predicted octanol–water partition coefficient (Wildman–Crippen LogP) is 3.24. The lowest BCUT2D eigenvalue weighted by molar-refractivity contribution is 0.152. The Balaban J connectivity index is 2.75. The van der Waals surface area contributed by atoms with Gasteiger partial charge in [0.15, 0.2) is 0 Å². The van der Waals surface area contributed by atoms with Gasteiger partial charge in [-0.25, -0.2) is 13.8 Å². The molecule has 0 radical (unpaired) electrons. The average molecular weight is 217 g/mol. The van der Waals surface area contributed by atoms with E-state index in [1.165, 1.54) is 6.33 Å². The van der Waals surface area contributed by atoms with Gasteiger partial charge >= 0.3 is 0 Å². The Morgan fingerprint density at radius 1 is 1.43 bits per heavy atom. The molecule has 0 aliphatic carbocycles. The molecule has 0 amide bonds. The first kappa shape index (κ1) is 9.40. The number of hydrogen-bond donors (Lipinski definition) is 1. The summed E-state index contributed by atoms with van der Waals surface area (Å²) in [5.41, 5.74) is 1.27. The van der Waals surface area contributed by atoms with Crippen LogP contribution in [0.15, 0.2) is 18.5 Å². The summed E-state index contributed by atoms with van der Waals surface area (Å²) in [5, 5.41) is 0. The third kappa shape index (κ3) is 1.35. The summed E-state index contributed by atoms with van der Waals surface area (Å²) >= 11 is 5.57. The Hall–Kier alpha value is -1.16. The molecule has 0 spiro atoms. The number of alkyl halides is 3. The number of aromatic nitrogens is 2. The summed E-state index contributed by atoms with van der Waals surface area (Å²) in [6.07, 6.45) is -1.15. The molecule has 1 N–H and O–H groups in total. The zero-order chi connectivity index (χ0) is 10.1. The fourth-order valence-corrected chi connectivity index (χ4v) is 1.66. The quantitative estimate of drug-likeness (QED) is 0.767. The first-order valence-electron chi connectivity index (χ1n) is 4.03. The minimum Gasteiger partial charge on any atom is -0.345 e. The van der Waals surface area contributed by atoms with Gasteiger partial charge < -0.3 is 4.98 Å². The van der Waals surface area contributed by atoms with Gasteiger partial charge in [-0.3, -0.25) is 0 Å². The van der Waals surface area contributed by atoms with E-state index in [9.17, 15) is 8.78 Å². The van der Waals surface area contributed by atoms with Gasteiger partial charge in [0.2, 0.25) is 0 Å². The van der Waals surface area contributed by atoms with E-state index in [1.807, 2.05) is 0 Å². The van der Waals surface area contributed by atoms with E-state index < -0.39 is 6.43 Å². The van der Waals surface area contributed by atoms with Crippen LogP contribution in [0.5, 0.6) is 0 Å².